The number of carbonyl (C=O) groups excluding carboxylic acids is 2. The average Bonchev–Trinajstić information content (AvgIpc) is 3.51. The molecule has 0 saturated carbocycles. The van der Waals surface area contributed by atoms with Gasteiger partial charge in [0.05, 0.1) is 18.3 Å². The summed E-state index contributed by atoms with van der Waals surface area (Å²) in [4.78, 5) is 39.0. The first kappa shape index (κ1) is 25.1. The van der Waals surface area contributed by atoms with Crippen molar-refractivity contribution in [3.05, 3.63) is 71.0 Å². The zero-order chi connectivity index (χ0) is 25.5. The molecule has 0 aliphatic carbocycles. The van der Waals surface area contributed by atoms with Crippen LogP contribution in [0, 0.1) is 12.8 Å². The third kappa shape index (κ3) is 5.97. The van der Waals surface area contributed by atoms with Gasteiger partial charge in [0.15, 0.2) is 5.82 Å². The van der Waals surface area contributed by atoms with Crippen LogP contribution in [0.15, 0.2) is 58.2 Å². The Labute approximate surface area is 211 Å². The highest BCUT2D eigenvalue weighted by Crippen LogP contribution is 2.17. The van der Waals surface area contributed by atoms with Crippen LogP contribution < -0.4 is 16.0 Å². The number of nitrogens with zero attached hydrogens (tertiary/aromatic N) is 4. The predicted molar refractivity (Wildman–Crippen MR) is 142 cm³/mol. The number of allylic oxidation sites excluding steroid dienone is 1. The molecule has 0 bridgehead atoms. The third-order valence-electron chi connectivity index (χ3n) is 6.21. The highest BCUT2D eigenvalue weighted by molar-refractivity contribution is 6.01. The van der Waals surface area contributed by atoms with Crippen LogP contribution in [0.3, 0.4) is 0 Å². The molecule has 1 aromatic heterocycles. The molecule has 36 heavy (non-hydrogen) atoms. The highest BCUT2D eigenvalue weighted by atomic mass is 16.2. The van der Waals surface area contributed by atoms with E-state index in [0.717, 1.165) is 41.6 Å². The van der Waals surface area contributed by atoms with Crippen molar-refractivity contribution in [1.29, 1.82) is 0 Å². The van der Waals surface area contributed by atoms with E-state index in [-0.39, 0.29) is 36.7 Å². The van der Waals surface area contributed by atoms with Gasteiger partial charge in [-0.25, -0.2) is 4.98 Å². The van der Waals surface area contributed by atoms with E-state index >= 15 is 0 Å². The minimum atomic E-state index is -0.303. The molecule has 2 atom stereocenters. The molecule has 2 amide bonds. The van der Waals surface area contributed by atoms with Crippen molar-refractivity contribution in [1.82, 2.24) is 25.5 Å². The number of hydrogen-bond acceptors (Lipinski definition) is 6. The van der Waals surface area contributed by atoms with Crippen LogP contribution in [0.1, 0.15) is 47.8 Å². The number of imidazole rings is 1. The molecule has 1 aromatic carbocycles. The SMILES string of the molecule is C/C=C\c1nc(C(=O)NCCC(=O)NC2C=NC(C3=NCCN3)=C[C@@H]2C)n(Cc2ccccc2)c1C. The summed E-state index contributed by atoms with van der Waals surface area (Å²) in [6.07, 6.45) is 7.72. The van der Waals surface area contributed by atoms with Gasteiger partial charge in [-0.3, -0.25) is 19.6 Å². The summed E-state index contributed by atoms with van der Waals surface area (Å²) in [6, 6.07) is 9.75. The number of amidine groups is 1. The van der Waals surface area contributed by atoms with Crippen molar-refractivity contribution in [2.45, 2.75) is 39.8 Å². The molecule has 9 nitrogen and oxygen atoms in total. The number of aromatic nitrogens is 2. The lowest BCUT2D eigenvalue weighted by molar-refractivity contribution is -0.121. The number of rotatable bonds is 9. The topological polar surface area (TPSA) is 113 Å². The first-order valence-electron chi connectivity index (χ1n) is 12.3. The molecular formula is C27H33N7O2. The Balaban J connectivity index is 1.33. The molecule has 0 spiro atoms. The van der Waals surface area contributed by atoms with E-state index in [2.05, 4.69) is 30.9 Å². The lowest BCUT2D eigenvalue weighted by atomic mass is 9.98. The summed E-state index contributed by atoms with van der Waals surface area (Å²) < 4.78 is 1.91. The number of hydrogen-bond donors (Lipinski definition) is 3. The maximum atomic E-state index is 13.0. The quantitative estimate of drug-likeness (QED) is 0.504. The van der Waals surface area contributed by atoms with Crippen molar-refractivity contribution >= 4 is 29.9 Å². The van der Waals surface area contributed by atoms with Gasteiger partial charge in [-0.2, -0.15) is 0 Å². The van der Waals surface area contributed by atoms with Gasteiger partial charge in [0, 0.05) is 43.9 Å². The van der Waals surface area contributed by atoms with Gasteiger partial charge in [-0.1, -0.05) is 43.3 Å². The van der Waals surface area contributed by atoms with Crippen LogP contribution in [0.5, 0.6) is 0 Å². The van der Waals surface area contributed by atoms with Crippen molar-refractivity contribution in [2.24, 2.45) is 15.9 Å². The summed E-state index contributed by atoms with van der Waals surface area (Å²) in [7, 11) is 0. The normalized spacial score (nSPS) is 19.1. The number of amides is 2. The number of carbonyl (C=O) groups is 2. The Morgan fingerprint density at radius 3 is 2.75 bits per heavy atom. The van der Waals surface area contributed by atoms with Crippen LogP contribution in [0.2, 0.25) is 0 Å². The molecule has 2 aliphatic heterocycles. The van der Waals surface area contributed by atoms with E-state index in [4.69, 9.17) is 0 Å². The maximum Gasteiger partial charge on any atom is 0.287 e. The van der Waals surface area contributed by atoms with Gasteiger partial charge in [-0.15, -0.1) is 0 Å². The molecule has 0 radical (unpaired) electrons. The minimum Gasteiger partial charge on any atom is -0.367 e. The second-order valence-corrected chi connectivity index (χ2v) is 8.92. The van der Waals surface area contributed by atoms with Gasteiger partial charge in [0.25, 0.3) is 5.91 Å². The van der Waals surface area contributed by atoms with E-state index in [1.807, 2.05) is 73.9 Å². The lowest BCUT2D eigenvalue weighted by Crippen LogP contribution is -2.43. The second kappa shape index (κ2) is 11.6. The molecule has 3 heterocycles. The van der Waals surface area contributed by atoms with Gasteiger partial charge >= 0.3 is 0 Å². The number of aliphatic imine (C=N–C) groups is 2. The van der Waals surface area contributed by atoms with Crippen LogP contribution in [0.25, 0.3) is 6.08 Å². The van der Waals surface area contributed by atoms with E-state index in [1.54, 1.807) is 6.21 Å². The molecule has 2 aliphatic rings. The van der Waals surface area contributed by atoms with Crippen LogP contribution in [0.4, 0.5) is 0 Å². The molecular weight excluding hydrogens is 454 g/mol. The Bertz CT molecular complexity index is 1220. The van der Waals surface area contributed by atoms with E-state index in [1.165, 1.54) is 0 Å². The molecule has 9 heteroatoms. The zero-order valence-electron chi connectivity index (χ0n) is 21.0. The van der Waals surface area contributed by atoms with Gasteiger partial charge < -0.3 is 20.5 Å². The Morgan fingerprint density at radius 1 is 1.25 bits per heavy atom. The summed E-state index contributed by atoms with van der Waals surface area (Å²) in [5.41, 5.74) is 3.57. The maximum absolute atomic E-state index is 13.0. The van der Waals surface area contributed by atoms with Gasteiger partial charge in [0.1, 0.15) is 11.5 Å². The van der Waals surface area contributed by atoms with Gasteiger partial charge in [0.2, 0.25) is 5.91 Å². The van der Waals surface area contributed by atoms with Crippen LogP contribution >= 0.6 is 0 Å². The summed E-state index contributed by atoms with van der Waals surface area (Å²) >= 11 is 0. The first-order chi connectivity index (χ1) is 17.5. The molecule has 188 valence electrons. The molecule has 0 saturated heterocycles. The Kier molecular flexibility index (Phi) is 8.10. The van der Waals surface area contributed by atoms with E-state index < -0.39 is 0 Å². The molecule has 2 aromatic rings. The van der Waals surface area contributed by atoms with Crippen LogP contribution in [-0.2, 0) is 11.3 Å². The average molecular weight is 488 g/mol. The van der Waals surface area contributed by atoms with E-state index in [0.29, 0.717) is 12.4 Å². The number of nitrogens with one attached hydrogen (secondary N) is 3. The van der Waals surface area contributed by atoms with Crippen molar-refractivity contribution in [3.8, 4) is 0 Å². The van der Waals surface area contributed by atoms with Crippen LogP contribution in [-0.4, -0.2) is 59.1 Å². The minimum absolute atomic E-state index is 0.0830. The summed E-state index contributed by atoms with van der Waals surface area (Å²) in [5, 5.41) is 9.06. The Hall–Kier alpha value is -4.01. The predicted octanol–water partition coefficient (Wildman–Crippen LogP) is 2.48. The monoisotopic (exact) mass is 487 g/mol. The Morgan fingerprint density at radius 2 is 2.06 bits per heavy atom. The molecule has 0 fully saturated rings. The van der Waals surface area contributed by atoms with Gasteiger partial charge in [-0.05, 0) is 31.6 Å². The number of benzene rings is 1. The largest absolute Gasteiger partial charge is 0.367 e. The van der Waals surface area contributed by atoms with Crippen molar-refractivity contribution < 1.29 is 9.59 Å². The first-order valence-corrected chi connectivity index (χ1v) is 12.3. The molecule has 4 rings (SSSR count). The fraction of sp³-hybridized carbons (Fsp3) is 0.370. The fourth-order valence-corrected chi connectivity index (χ4v) is 4.20. The van der Waals surface area contributed by atoms with E-state index in [9.17, 15) is 9.59 Å². The zero-order valence-corrected chi connectivity index (χ0v) is 21.0. The summed E-state index contributed by atoms with van der Waals surface area (Å²) in [6.45, 7) is 8.23. The molecule has 3 N–H and O–H groups in total. The standard InChI is InChI=1S/C27H33N7O2/c1-4-8-21-19(3)34(17-20-9-6-5-7-10-20)26(33-21)27(36)30-12-11-24(35)32-23-16-31-22(15-18(23)2)25-28-13-14-29-25/h4-10,15-16,18,23H,11-14,17H2,1-3H3,(H,28,29)(H,30,36)(H,32,35)/b8-4-/t18-,23?/m0/s1. The second-order valence-electron chi connectivity index (χ2n) is 8.92. The van der Waals surface area contributed by atoms with Crippen molar-refractivity contribution in [2.75, 3.05) is 19.6 Å². The molecule has 1 unspecified atom stereocenters. The third-order valence-corrected chi connectivity index (χ3v) is 6.21. The fourth-order valence-electron chi connectivity index (χ4n) is 4.20. The lowest BCUT2D eigenvalue weighted by Gasteiger charge is -2.23. The smallest absolute Gasteiger partial charge is 0.287 e. The summed E-state index contributed by atoms with van der Waals surface area (Å²) in [5.74, 6) is 0.774. The van der Waals surface area contributed by atoms with Crippen molar-refractivity contribution in [3.63, 3.8) is 0 Å². The highest BCUT2D eigenvalue weighted by Gasteiger charge is 2.23.